The fourth-order valence-electron chi connectivity index (χ4n) is 2.27. The molecule has 0 N–H and O–H groups in total. The number of ketones is 1. The smallest absolute Gasteiger partial charge is 0.232 e. The monoisotopic (exact) mass is 275 g/mol. The second-order valence-corrected chi connectivity index (χ2v) is 5.05. The molecule has 20 heavy (non-hydrogen) atoms. The van der Waals surface area contributed by atoms with Crippen molar-refractivity contribution in [2.24, 2.45) is 5.92 Å². The lowest BCUT2D eigenvalue weighted by Crippen LogP contribution is -2.35. The highest BCUT2D eigenvalue weighted by molar-refractivity contribution is 6.09. The molecule has 5 heteroatoms. The maximum Gasteiger partial charge on any atom is 0.232 e. The largest absolute Gasteiger partial charge is 0.496 e. The molecule has 0 radical (unpaired) electrons. The van der Waals surface area contributed by atoms with E-state index in [0.717, 1.165) is 10.5 Å². The summed E-state index contributed by atoms with van der Waals surface area (Å²) in [5, 5.41) is 0. The van der Waals surface area contributed by atoms with Gasteiger partial charge in [0, 0.05) is 12.3 Å². The number of nitrogens with zero attached hydrogens (tertiary/aromatic N) is 1. The van der Waals surface area contributed by atoms with Crippen LogP contribution in [0.3, 0.4) is 0 Å². The molecule has 2 amide bonds. The van der Waals surface area contributed by atoms with Crippen molar-refractivity contribution in [2.45, 2.75) is 20.3 Å². The van der Waals surface area contributed by atoms with Gasteiger partial charge < -0.3 is 4.74 Å². The van der Waals surface area contributed by atoms with Gasteiger partial charge in [0.05, 0.1) is 19.2 Å². The zero-order valence-electron chi connectivity index (χ0n) is 11.8. The van der Waals surface area contributed by atoms with Gasteiger partial charge in [-0.15, -0.1) is 0 Å². The number of carbonyl (C=O) groups excluding carboxylic acids is 3. The van der Waals surface area contributed by atoms with Crippen LogP contribution in [0.2, 0.25) is 0 Å². The van der Waals surface area contributed by atoms with Crippen LogP contribution in [0, 0.1) is 12.8 Å². The molecule has 1 unspecified atom stereocenters. The Labute approximate surface area is 117 Å². The van der Waals surface area contributed by atoms with Gasteiger partial charge in [-0.2, -0.15) is 0 Å². The third kappa shape index (κ3) is 2.57. The quantitative estimate of drug-likeness (QED) is 0.618. The first kappa shape index (κ1) is 14.2. The Morgan fingerprint density at radius 1 is 1.40 bits per heavy atom. The lowest BCUT2D eigenvalue weighted by Gasteiger charge is -2.15. The highest BCUT2D eigenvalue weighted by Crippen LogP contribution is 2.23. The first-order valence-corrected chi connectivity index (χ1v) is 6.46. The molecule has 1 heterocycles. The van der Waals surface area contributed by atoms with Crippen molar-refractivity contribution < 1.29 is 19.1 Å². The molecule has 1 aromatic rings. The number of Topliss-reactive ketones (excluding diaryl/α,β-unsaturated/α-hetero) is 1. The van der Waals surface area contributed by atoms with Crippen LogP contribution in [0.4, 0.5) is 0 Å². The van der Waals surface area contributed by atoms with Crippen LogP contribution in [0.15, 0.2) is 18.2 Å². The number of imide groups is 1. The van der Waals surface area contributed by atoms with Gasteiger partial charge in [0.1, 0.15) is 5.75 Å². The molecule has 0 aromatic heterocycles. The van der Waals surface area contributed by atoms with Crippen LogP contribution >= 0.6 is 0 Å². The zero-order chi connectivity index (χ0) is 14.9. The molecular weight excluding hydrogens is 258 g/mol. The molecule has 106 valence electrons. The maximum absolute atomic E-state index is 12.3. The number of methoxy groups -OCH3 is 1. The Bertz CT molecular complexity index is 579. The molecule has 2 rings (SSSR count). The summed E-state index contributed by atoms with van der Waals surface area (Å²) in [6.07, 6.45) is 0.178. The summed E-state index contributed by atoms with van der Waals surface area (Å²) in [4.78, 5) is 36.8. The van der Waals surface area contributed by atoms with E-state index < -0.39 is 0 Å². The van der Waals surface area contributed by atoms with Crippen LogP contribution in [0.5, 0.6) is 5.75 Å². The molecule has 1 fully saturated rings. The van der Waals surface area contributed by atoms with Crippen LogP contribution in [0.1, 0.15) is 29.3 Å². The van der Waals surface area contributed by atoms with Gasteiger partial charge in [0.15, 0.2) is 5.78 Å². The standard InChI is InChI=1S/C15H17NO4/c1-9-4-5-11(13(6-9)20-3)12(17)8-16-14(18)7-10(2)15(16)19/h4-6,10H,7-8H2,1-3H3. The van der Waals surface area contributed by atoms with Crippen molar-refractivity contribution in [3.63, 3.8) is 0 Å². The van der Waals surface area contributed by atoms with E-state index in [9.17, 15) is 14.4 Å². The number of aryl methyl sites for hydroxylation is 1. The van der Waals surface area contributed by atoms with Gasteiger partial charge in [-0.25, -0.2) is 0 Å². The van der Waals surface area contributed by atoms with Gasteiger partial charge in [-0.1, -0.05) is 13.0 Å². The minimum atomic E-state index is -0.338. The summed E-state index contributed by atoms with van der Waals surface area (Å²) < 4.78 is 5.18. The van der Waals surface area contributed by atoms with E-state index in [1.807, 2.05) is 6.92 Å². The molecule has 1 atom stereocenters. The summed E-state index contributed by atoms with van der Waals surface area (Å²) in [6, 6.07) is 5.21. The van der Waals surface area contributed by atoms with Gasteiger partial charge in [0.2, 0.25) is 11.8 Å². The number of likely N-dealkylation sites (tertiary alicyclic amines) is 1. The molecule has 0 spiro atoms. The zero-order valence-corrected chi connectivity index (χ0v) is 11.8. The number of rotatable bonds is 4. The number of benzene rings is 1. The topological polar surface area (TPSA) is 63.7 Å². The lowest BCUT2D eigenvalue weighted by molar-refractivity contribution is -0.138. The van der Waals surface area contributed by atoms with E-state index in [1.165, 1.54) is 7.11 Å². The molecule has 1 aliphatic rings. The first-order chi connectivity index (χ1) is 9.43. The van der Waals surface area contributed by atoms with Crippen molar-refractivity contribution in [2.75, 3.05) is 13.7 Å². The van der Waals surface area contributed by atoms with Crippen molar-refractivity contribution in [3.8, 4) is 5.75 Å². The maximum atomic E-state index is 12.3. The van der Waals surface area contributed by atoms with Crippen molar-refractivity contribution in [1.82, 2.24) is 4.90 Å². The van der Waals surface area contributed by atoms with Crippen LogP contribution in [-0.2, 0) is 9.59 Å². The number of ether oxygens (including phenoxy) is 1. The Hall–Kier alpha value is -2.17. The van der Waals surface area contributed by atoms with Crippen molar-refractivity contribution in [3.05, 3.63) is 29.3 Å². The minimum Gasteiger partial charge on any atom is -0.496 e. The summed E-state index contributed by atoms with van der Waals surface area (Å²) in [5.74, 6) is -0.744. The second-order valence-electron chi connectivity index (χ2n) is 5.05. The fraction of sp³-hybridized carbons (Fsp3) is 0.400. The molecular formula is C15H17NO4. The van der Waals surface area contributed by atoms with E-state index in [1.54, 1.807) is 25.1 Å². The third-order valence-electron chi connectivity index (χ3n) is 3.43. The fourth-order valence-corrected chi connectivity index (χ4v) is 2.27. The Morgan fingerprint density at radius 3 is 2.65 bits per heavy atom. The normalized spacial score (nSPS) is 18.6. The van der Waals surface area contributed by atoms with Crippen LogP contribution in [-0.4, -0.2) is 36.2 Å². The van der Waals surface area contributed by atoms with E-state index >= 15 is 0 Å². The summed E-state index contributed by atoms with van der Waals surface area (Å²) in [6.45, 7) is 3.37. The third-order valence-corrected chi connectivity index (χ3v) is 3.43. The summed E-state index contributed by atoms with van der Waals surface area (Å²) in [5.41, 5.74) is 1.36. The number of hydrogen-bond acceptors (Lipinski definition) is 4. The average molecular weight is 275 g/mol. The highest BCUT2D eigenvalue weighted by Gasteiger charge is 2.36. The Balaban J connectivity index is 2.21. The number of amides is 2. The van der Waals surface area contributed by atoms with Crippen molar-refractivity contribution in [1.29, 1.82) is 0 Å². The predicted molar refractivity (Wildman–Crippen MR) is 72.6 cm³/mol. The second kappa shape index (κ2) is 5.45. The van der Waals surface area contributed by atoms with Gasteiger partial charge >= 0.3 is 0 Å². The summed E-state index contributed by atoms with van der Waals surface area (Å²) >= 11 is 0. The molecule has 1 aliphatic heterocycles. The molecule has 1 aromatic carbocycles. The average Bonchev–Trinajstić information content (AvgIpc) is 2.65. The molecule has 0 saturated carbocycles. The van der Waals surface area contributed by atoms with Crippen molar-refractivity contribution >= 4 is 17.6 Å². The van der Waals surface area contributed by atoms with Crippen LogP contribution < -0.4 is 4.74 Å². The number of hydrogen-bond donors (Lipinski definition) is 0. The molecule has 1 saturated heterocycles. The van der Waals surface area contributed by atoms with Gasteiger partial charge in [-0.3, -0.25) is 19.3 Å². The number of carbonyl (C=O) groups is 3. The lowest BCUT2D eigenvalue weighted by atomic mass is 10.1. The molecule has 5 nitrogen and oxygen atoms in total. The summed E-state index contributed by atoms with van der Waals surface area (Å²) in [7, 11) is 1.49. The van der Waals surface area contributed by atoms with Gasteiger partial charge in [0.25, 0.3) is 0 Å². The first-order valence-electron chi connectivity index (χ1n) is 6.46. The SMILES string of the molecule is COc1cc(C)ccc1C(=O)CN1C(=O)CC(C)C1=O. The van der Waals surface area contributed by atoms with Crippen LogP contribution in [0.25, 0.3) is 0 Å². The van der Waals surface area contributed by atoms with E-state index in [0.29, 0.717) is 11.3 Å². The van der Waals surface area contributed by atoms with E-state index in [2.05, 4.69) is 0 Å². The minimum absolute atomic E-state index is 0.178. The molecule has 0 bridgehead atoms. The molecule has 0 aliphatic carbocycles. The van der Waals surface area contributed by atoms with Gasteiger partial charge in [-0.05, 0) is 24.6 Å². The van der Waals surface area contributed by atoms with E-state index in [-0.39, 0.29) is 36.5 Å². The Morgan fingerprint density at radius 2 is 2.10 bits per heavy atom. The highest BCUT2D eigenvalue weighted by atomic mass is 16.5. The Kier molecular flexibility index (Phi) is 3.88. The predicted octanol–water partition coefficient (Wildman–Crippen LogP) is 1.58. The van der Waals surface area contributed by atoms with E-state index in [4.69, 9.17) is 4.74 Å².